The lowest BCUT2D eigenvalue weighted by atomic mass is 10.1. The van der Waals surface area contributed by atoms with Crippen molar-refractivity contribution in [2.75, 3.05) is 19.7 Å². The van der Waals surface area contributed by atoms with E-state index in [1.54, 1.807) is 0 Å². The van der Waals surface area contributed by atoms with E-state index in [0.717, 1.165) is 15.4 Å². The summed E-state index contributed by atoms with van der Waals surface area (Å²) in [7, 11) is -3.89. The third-order valence-corrected chi connectivity index (χ3v) is 5.97. The fraction of sp³-hybridized carbons (Fsp3) is 0.316. The van der Waals surface area contributed by atoms with Gasteiger partial charge in [0.2, 0.25) is 15.9 Å². The second-order valence-electron chi connectivity index (χ2n) is 6.14. The minimum atomic E-state index is -3.89. The smallest absolute Gasteiger partial charge is 0.243 e. The molecule has 0 unspecified atom stereocenters. The van der Waals surface area contributed by atoms with Crippen LogP contribution in [0.4, 0.5) is 0 Å². The van der Waals surface area contributed by atoms with Crippen LogP contribution in [0.3, 0.4) is 0 Å². The molecule has 0 spiro atoms. The largest absolute Gasteiger partial charge is 0.396 e. The van der Waals surface area contributed by atoms with Crippen molar-refractivity contribution < 1.29 is 18.3 Å². The molecule has 2 N–H and O–H groups in total. The number of hydrogen-bond donors (Lipinski definition) is 2. The molecule has 0 aliphatic rings. The molecule has 2 aromatic rings. The third-order valence-electron chi connectivity index (χ3n) is 3.91. The van der Waals surface area contributed by atoms with E-state index in [2.05, 4.69) is 5.32 Å². The third kappa shape index (κ3) is 6.32. The standard InChI is InChI=1S/C19H23ClN2O4S/c1-15-3-5-16(6-4-15)13-22(14-19(24)21-11-2-12-23)27(25,26)18-9-7-17(20)8-10-18/h3-10,23H,2,11-14H2,1H3,(H,21,24). The van der Waals surface area contributed by atoms with E-state index in [9.17, 15) is 13.2 Å². The maximum absolute atomic E-state index is 13.0. The molecule has 0 saturated carbocycles. The van der Waals surface area contributed by atoms with E-state index in [-0.39, 0.29) is 31.1 Å². The number of nitrogens with zero attached hydrogens (tertiary/aromatic N) is 1. The number of amides is 1. The van der Waals surface area contributed by atoms with Crippen molar-refractivity contribution in [3.05, 3.63) is 64.7 Å². The second kappa shape index (κ2) is 9.85. The molecule has 0 aliphatic carbocycles. The summed E-state index contributed by atoms with van der Waals surface area (Å²) in [5.74, 6) is -0.423. The van der Waals surface area contributed by atoms with Gasteiger partial charge in [0.1, 0.15) is 0 Å². The van der Waals surface area contributed by atoms with Crippen molar-refractivity contribution in [1.29, 1.82) is 0 Å². The Morgan fingerprint density at radius 1 is 1.11 bits per heavy atom. The summed E-state index contributed by atoms with van der Waals surface area (Å²) in [5, 5.41) is 11.9. The summed E-state index contributed by atoms with van der Waals surface area (Å²) in [5.41, 5.74) is 1.84. The molecular weight excluding hydrogens is 388 g/mol. The minimum absolute atomic E-state index is 0.0452. The first-order chi connectivity index (χ1) is 12.8. The maximum atomic E-state index is 13.0. The topological polar surface area (TPSA) is 86.7 Å². The Hall–Kier alpha value is -1.93. The summed E-state index contributed by atoms with van der Waals surface area (Å²) in [6.07, 6.45) is 0.410. The average molecular weight is 411 g/mol. The molecule has 27 heavy (non-hydrogen) atoms. The van der Waals surface area contributed by atoms with Gasteiger partial charge in [-0.1, -0.05) is 41.4 Å². The zero-order valence-corrected chi connectivity index (χ0v) is 16.6. The van der Waals surface area contributed by atoms with Gasteiger partial charge >= 0.3 is 0 Å². The van der Waals surface area contributed by atoms with Crippen LogP contribution < -0.4 is 5.32 Å². The van der Waals surface area contributed by atoms with Crippen molar-refractivity contribution >= 4 is 27.5 Å². The highest BCUT2D eigenvalue weighted by molar-refractivity contribution is 7.89. The van der Waals surface area contributed by atoms with Gasteiger partial charge in [-0.3, -0.25) is 4.79 Å². The SMILES string of the molecule is Cc1ccc(CN(CC(=O)NCCCO)S(=O)(=O)c2ccc(Cl)cc2)cc1. The highest BCUT2D eigenvalue weighted by Gasteiger charge is 2.26. The minimum Gasteiger partial charge on any atom is -0.396 e. The molecule has 0 radical (unpaired) electrons. The van der Waals surface area contributed by atoms with Gasteiger partial charge in [-0.2, -0.15) is 4.31 Å². The van der Waals surface area contributed by atoms with E-state index < -0.39 is 15.9 Å². The Bertz CT molecular complexity index is 852. The van der Waals surface area contributed by atoms with Gasteiger partial charge in [0.25, 0.3) is 0 Å². The fourth-order valence-electron chi connectivity index (χ4n) is 2.40. The zero-order valence-electron chi connectivity index (χ0n) is 15.1. The quantitative estimate of drug-likeness (QED) is 0.621. The van der Waals surface area contributed by atoms with E-state index in [4.69, 9.17) is 16.7 Å². The van der Waals surface area contributed by atoms with Crippen molar-refractivity contribution in [3.8, 4) is 0 Å². The highest BCUT2D eigenvalue weighted by Crippen LogP contribution is 2.20. The predicted octanol–water partition coefficient (Wildman–Crippen LogP) is 2.34. The molecule has 0 aliphatic heterocycles. The van der Waals surface area contributed by atoms with Gasteiger partial charge < -0.3 is 10.4 Å². The van der Waals surface area contributed by atoms with Crippen molar-refractivity contribution in [1.82, 2.24) is 9.62 Å². The summed E-state index contributed by atoms with van der Waals surface area (Å²) >= 11 is 5.85. The average Bonchev–Trinajstić information content (AvgIpc) is 2.63. The number of aryl methyl sites for hydroxylation is 1. The van der Waals surface area contributed by atoms with Gasteiger partial charge in [-0.05, 0) is 43.2 Å². The number of nitrogens with one attached hydrogen (secondary N) is 1. The van der Waals surface area contributed by atoms with Crippen LogP contribution in [0.2, 0.25) is 5.02 Å². The maximum Gasteiger partial charge on any atom is 0.243 e. The Morgan fingerprint density at radius 3 is 2.33 bits per heavy atom. The van der Waals surface area contributed by atoms with Crippen LogP contribution in [0.5, 0.6) is 0 Å². The van der Waals surface area contributed by atoms with Crippen LogP contribution in [0.1, 0.15) is 17.5 Å². The Morgan fingerprint density at radius 2 is 1.74 bits per heavy atom. The summed E-state index contributed by atoms with van der Waals surface area (Å²) in [6.45, 7) is 1.94. The first kappa shape index (κ1) is 21.4. The van der Waals surface area contributed by atoms with Gasteiger partial charge in [-0.15, -0.1) is 0 Å². The van der Waals surface area contributed by atoms with Crippen LogP contribution in [-0.4, -0.2) is 43.4 Å². The summed E-state index contributed by atoms with van der Waals surface area (Å²) < 4.78 is 27.2. The Labute approximate surface area is 164 Å². The molecule has 0 aromatic heterocycles. The van der Waals surface area contributed by atoms with Crippen molar-refractivity contribution in [3.63, 3.8) is 0 Å². The highest BCUT2D eigenvalue weighted by atomic mass is 35.5. The number of hydrogen-bond acceptors (Lipinski definition) is 4. The fourth-order valence-corrected chi connectivity index (χ4v) is 3.91. The van der Waals surface area contributed by atoms with Gasteiger partial charge in [0, 0.05) is 24.7 Å². The number of rotatable bonds is 9. The molecule has 8 heteroatoms. The van der Waals surface area contributed by atoms with E-state index in [1.807, 2.05) is 31.2 Å². The van der Waals surface area contributed by atoms with Gasteiger partial charge in [0.15, 0.2) is 0 Å². The lowest BCUT2D eigenvalue weighted by Crippen LogP contribution is -2.40. The number of benzene rings is 2. The zero-order chi connectivity index (χ0) is 19.9. The monoisotopic (exact) mass is 410 g/mol. The molecule has 6 nitrogen and oxygen atoms in total. The van der Waals surface area contributed by atoms with Crippen molar-refractivity contribution in [2.45, 2.75) is 24.8 Å². The lowest BCUT2D eigenvalue weighted by molar-refractivity contribution is -0.121. The van der Waals surface area contributed by atoms with Crippen LogP contribution in [-0.2, 0) is 21.4 Å². The van der Waals surface area contributed by atoms with Crippen molar-refractivity contribution in [2.24, 2.45) is 0 Å². The molecule has 0 saturated heterocycles. The number of carbonyl (C=O) groups is 1. The molecule has 0 fully saturated rings. The number of carbonyl (C=O) groups excluding carboxylic acids is 1. The Balaban J connectivity index is 2.25. The number of halogens is 1. The molecule has 2 rings (SSSR count). The molecule has 0 heterocycles. The molecule has 0 bridgehead atoms. The molecule has 146 valence electrons. The van der Waals surface area contributed by atoms with E-state index in [0.29, 0.717) is 11.4 Å². The first-order valence-electron chi connectivity index (χ1n) is 8.52. The normalized spacial score (nSPS) is 11.6. The predicted molar refractivity (Wildman–Crippen MR) is 105 cm³/mol. The molecular formula is C19H23ClN2O4S. The number of aliphatic hydroxyl groups is 1. The van der Waals surface area contributed by atoms with Crippen LogP contribution in [0, 0.1) is 6.92 Å². The van der Waals surface area contributed by atoms with E-state index >= 15 is 0 Å². The van der Waals surface area contributed by atoms with Crippen LogP contribution in [0.15, 0.2) is 53.4 Å². The first-order valence-corrected chi connectivity index (χ1v) is 10.3. The van der Waals surface area contributed by atoms with E-state index in [1.165, 1.54) is 24.3 Å². The van der Waals surface area contributed by atoms with Gasteiger partial charge in [0.05, 0.1) is 11.4 Å². The van der Waals surface area contributed by atoms with Gasteiger partial charge in [-0.25, -0.2) is 8.42 Å². The number of aliphatic hydroxyl groups excluding tert-OH is 1. The Kier molecular flexibility index (Phi) is 7.79. The molecule has 1 amide bonds. The molecule has 2 aromatic carbocycles. The van der Waals surface area contributed by atoms with Crippen LogP contribution >= 0.6 is 11.6 Å². The second-order valence-corrected chi connectivity index (χ2v) is 8.51. The lowest BCUT2D eigenvalue weighted by Gasteiger charge is -2.22. The molecule has 0 atom stereocenters. The summed E-state index contributed by atoms with van der Waals surface area (Å²) in [6, 6.07) is 13.3. The number of sulfonamides is 1. The van der Waals surface area contributed by atoms with Crippen LogP contribution in [0.25, 0.3) is 0 Å². The summed E-state index contributed by atoms with van der Waals surface area (Å²) in [4.78, 5) is 12.3.